The molecule has 1 aromatic rings. The maximum atomic E-state index is 11.7. The summed E-state index contributed by atoms with van der Waals surface area (Å²) in [6.07, 6.45) is 3.09. The Labute approximate surface area is 95.5 Å². The molecule has 5 nitrogen and oxygen atoms in total. The fraction of sp³-hybridized carbons (Fsp3) is 0.545. The number of carbonyl (C=O) groups excluding carboxylic acids is 1. The van der Waals surface area contributed by atoms with Crippen LogP contribution in [0.15, 0.2) is 18.6 Å². The minimum Gasteiger partial charge on any atom is -0.349 e. The van der Waals surface area contributed by atoms with Gasteiger partial charge in [0.05, 0.1) is 18.3 Å². The molecule has 0 spiro atoms. The summed E-state index contributed by atoms with van der Waals surface area (Å²) < 4.78 is 0. The van der Waals surface area contributed by atoms with Crippen LogP contribution >= 0.6 is 0 Å². The number of carbonyl (C=O) groups is 1. The maximum Gasteiger partial charge on any atom is 0.237 e. The fourth-order valence-electron chi connectivity index (χ4n) is 1.10. The third-order valence-corrected chi connectivity index (χ3v) is 2.30. The smallest absolute Gasteiger partial charge is 0.237 e. The van der Waals surface area contributed by atoms with Crippen molar-refractivity contribution in [1.29, 1.82) is 0 Å². The standard InChI is InChI=1S/C11H18N4O/c1-11(2,3)9(12)10(16)14-6-8-4-5-13-7-15-8/h4-5,7,9H,6,12H2,1-3H3,(H,14,16). The van der Waals surface area contributed by atoms with Gasteiger partial charge in [-0.3, -0.25) is 4.79 Å². The van der Waals surface area contributed by atoms with E-state index in [1.54, 1.807) is 12.3 Å². The largest absolute Gasteiger partial charge is 0.349 e. The quantitative estimate of drug-likeness (QED) is 0.778. The van der Waals surface area contributed by atoms with Gasteiger partial charge in [-0.05, 0) is 11.5 Å². The van der Waals surface area contributed by atoms with Crippen LogP contribution in [0.3, 0.4) is 0 Å². The topological polar surface area (TPSA) is 80.9 Å². The zero-order valence-electron chi connectivity index (χ0n) is 9.90. The van der Waals surface area contributed by atoms with Crippen molar-refractivity contribution in [2.24, 2.45) is 11.1 Å². The Balaban J connectivity index is 2.48. The van der Waals surface area contributed by atoms with Gasteiger partial charge >= 0.3 is 0 Å². The lowest BCUT2D eigenvalue weighted by Crippen LogP contribution is -2.48. The van der Waals surface area contributed by atoms with Crippen molar-refractivity contribution in [2.45, 2.75) is 33.4 Å². The Morgan fingerprint density at radius 2 is 2.25 bits per heavy atom. The summed E-state index contributed by atoms with van der Waals surface area (Å²) in [5.74, 6) is -0.161. The van der Waals surface area contributed by atoms with Crippen LogP contribution in [-0.4, -0.2) is 21.9 Å². The first-order chi connectivity index (χ1) is 7.41. The molecule has 0 bridgehead atoms. The molecular formula is C11H18N4O. The lowest BCUT2D eigenvalue weighted by Gasteiger charge is -2.25. The minimum absolute atomic E-state index is 0.161. The first-order valence-corrected chi connectivity index (χ1v) is 5.19. The van der Waals surface area contributed by atoms with E-state index in [2.05, 4.69) is 15.3 Å². The van der Waals surface area contributed by atoms with Gasteiger partial charge in [-0.15, -0.1) is 0 Å². The molecule has 5 heteroatoms. The Morgan fingerprint density at radius 3 is 2.75 bits per heavy atom. The van der Waals surface area contributed by atoms with Crippen LogP contribution in [0.2, 0.25) is 0 Å². The average Bonchev–Trinajstić information content (AvgIpc) is 2.25. The molecule has 1 heterocycles. The number of hydrogen-bond acceptors (Lipinski definition) is 4. The third-order valence-electron chi connectivity index (χ3n) is 2.30. The van der Waals surface area contributed by atoms with E-state index in [9.17, 15) is 4.79 Å². The van der Waals surface area contributed by atoms with Gasteiger partial charge in [0, 0.05) is 6.20 Å². The van der Waals surface area contributed by atoms with E-state index in [0.717, 1.165) is 5.69 Å². The lowest BCUT2D eigenvalue weighted by molar-refractivity contribution is -0.124. The van der Waals surface area contributed by atoms with Crippen molar-refractivity contribution in [3.63, 3.8) is 0 Å². The van der Waals surface area contributed by atoms with E-state index in [0.29, 0.717) is 6.54 Å². The van der Waals surface area contributed by atoms with Gasteiger partial charge in [-0.1, -0.05) is 20.8 Å². The van der Waals surface area contributed by atoms with Crippen molar-refractivity contribution in [2.75, 3.05) is 0 Å². The summed E-state index contributed by atoms with van der Waals surface area (Å²) in [4.78, 5) is 19.5. The molecular weight excluding hydrogens is 204 g/mol. The third kappa shape index (κ3) is 3.58. The van der Waals surface area contributed by atoms with E-state index >= 15 is 0 Å². The minimum atomic E-state index is -0.519. The molecule has 0 fully saturated rings. The number of nitrogens with two attached hydrogens (primary N) is 1. The van der Waals surface area contributed by atoms with Crippen LogP contribution in [0.25, 0.3) is 0 Å². The molecule has 0 aliphatic carbocycles. The Hall–Kier alpha value is -1.49. The predicted octanol–water partition coefficient (Wildman–Crippen LogP) is 0.466. The van der Waals surface area contributed by atoms with Crippen LogP contribution in [-0.2, 0) is 11.3 Å². The maximum absolute atomic E-state index is 11.7. The highest BCUT2D eigenvalue weighted by molar-refractivity contribution is 5.82. The molecule has 16 heavy (non-hydrogen) atoms. The van der Waals surface area contributed by atoms with Crippen LogP contribution in [0.4, 0.5) is 0 Å². The summed E-state index contributed by atoms with van der Waals surface area (Å²) in [7, 11) is 0. The van der Waals surface area contributed by atoms with Crippen LogP contribution in [0.1, 0.15) is 26.5 Å². The number of hydrogen-bond donors (Lipinski definition) is 2. The van der Waals surface area contributed by atoms with Crippen molar-refractivity contribution in [1.82, 2.24) is 15.3 Å². The van der Waals surface area contributed by atoms with Crippen molar-refractivity contribution < 1.29 is 4.79 Å². The van der Waals surface area contributed by atoms with Gasteiger partial charge in [0.15, 0.2) is 0 Å². The fourth-order valence-corrected chi connectivity index (χ4v) is 1.10. The van der Waals surface area contributed by atoms with Gasteiger partial charge in [0.2, 0.25) is 5.91 Å². The molecule has 0 saturated heterocycles. The zero-order valence-corrected chi connectivity index (χ0v) is 9.90. The molecule has 88 valence electrons. The van der Waals surface area contributed by atoms with Gasteiger partial charge in [0.1, 0.15) is 6.33 Å². The van der Waals surface area contributed by atoms with Crippen molar-refractivity contribution >= 4 is 5.91 Å². The van der Waals surface area contributed by atoms with Gasteiger partial charge in [0.25, 0.3) is 0 Å². The monoisotopic (exact) mass is 222 g/mol. The summed E-state index contributed by atoms with van der Waals surface area (Å²) in [6.45, 7) is 6.18. The summed E-state index contributed by atoms with van der Waals surface area (Å²) in [5.41, 5.74) is 6.34. The normalized spacial score (nSPS) is 13.2. The Morgan fingerprint density at radius 1 is 1.56 bits per heavy atom. The van der Waals surface area contributed by atoms with Gasteiger partial charge in [-0.2, -0.15) is 0 Å². The molecule has 0 saturated carbocycles. The molecule has 3 N–H and O–H groups in total. The van der Waals surface area contributed by atoms with E-state index in [1.807, 2.05) is 20.8 Å². The number of aromatic nitrogens is 2. The van der Waals surface area contributed by atoms with E-state index < -0.39 is 6.04 Å². The summed E-state index contributed by atoms with van der Waals surface area (Å²) in [5, 5.41) is 2.75. The SMILES string of the molecule is CC(C)(C)C(N)C(=O)NCc1ccncn1. The van der Waals surface area contributed by atoms with Crippen molar-refractivity contribution in [3.8, 4) is 0 Å². The summed E-state index contributed by atoms with van der Waals surface area (Å²) >= 11 is 0. The molecule has 1 aromatic heterocycles. The predicted molar refractivity (Wildman–Crippen MR) is 61.3 cm³/mol. The Kier molecular flexibility index (Phi) is 3.95. The molecule has 0 aliphatic heterocycles. The first kappa shape index (κ1) is 12.6. The molecule has 1 atom stereocenters. The Bertz CT molecular complexity index is 345. The van der Waals surface area contributed by atoms with Crippen LogP contribution in [0.5, 0.6) is 0 Å². The number of amides is 1. The molecule has 0 aromatic carbocycles. The zero-order chi connectivity index (χ0) is 12.2. The number of nitrogens with one attached hydrogen (secondary N) is 1. The highest BCUT2D eigenvalue weighted by atomic mass is 16.2. The summed E-state index contributed by atoms with van der Waals surface area (Å²) in [6, 6.07) is 1.23. The second-order valence-corrected chi connectivity index (χ2v) is 4.76. The van der Waals surface area contributed by atoms with Gasteiger partial charge in [-0.25, -0.2) is 9.97 Å². The average molecular weight is 222 g/mol. The van der Waals surface area contributed by atoms with Crippen molar-refractivity contribution in [3.05, 3.63) is 24.3 Å². The van der Waals surface area contributed by atoms with E-state index in [1.165, 1.54) is 6.33 Å². The van der Waals surface area contributed by atoms with Crippen LogP contribution in [0, 0.1) is 5.41 Å². The highest BCUT2D eigenvalue weighted by Crippen LogP contribution is 2.17. The molecule has 0 radical (unpaired) electrons. The number of nitrogens with zero attached hydrogens (tertiary/aromatic N) is 2. The van der Waals surface area contributed by atoms with Gasteiger partial charge < -0.3 is 11.1 Å². The van der Waals surface area contributed by atoms with Crippen LogP contribution < -0.4 is 11.1 Å². The first-order valence-electron chi connectivity index (χ1n) is 5.19. The van der Waals surface area contributed by atoms with E-state index in [-0.39, 0.29) is 11.3 Å². The molecule has 1 unspecified atom stereocenters. The molecule has 1 rings (SSSR count). The second kappa shape index (κ2) is 5.03. The highest BCUT2D eigenvalue weighted by Gasteiger charge is 2.27. The second-order valence-electron chi connectivity index (χ2n) is 4.76. The lowest BCUT2D eigenvalue weighted by atomic mass is 9.87. The molecule has 1 amide bonds. The number of rotatable bonds is 3. The molecule has 0 aliphatic rings. The van der Waals surface area contributed by atoms with E-state index in [4.69, 9.17) is 5.73 Å².